The first kappa shape index (κ1) is 13.3. The van der Waals surface area contributed by atoms with Crippen LogP contribution < -0.4 is 10.5 Å². The van der Waals surface area contributed by atoms with Crippen molar-refractivity contribution in [1.82, 2.24) is 4.57 Å². The highest BCUT2D eigenvalue weighted by atomic mass is 16.5. The highest BCUT2D eigenvalue weighted by Gasteiger charge is 2.23. The van der Waals surface area contributed by atoms with Crippen LogP contribution in [0, 0.1) is 0 Å². The summed E-state index contributed by atoms with van der Waals surface area (Å²) in [6.45, 7) is 7.00. The highest BCUT2D eigenvalue weighted by Crippen LogP contribution is 2.39. The first-order valence-electron chi connectivity index (χ1n) is 7.28. The van der Waals surface area contributed by atoms with Crippen molar-refractivity contribution in [3.8, 4) is 17.0 Å². The maximum absolute atomic E-state index is 5.95. The lowest BCUT2D eigenvalue weighted by Crippen LogP contribution is -2.22. The first-order valence-corrected chi connectivity index (χ1v) is 7.28. The summed E-state index contributed by atoms with van der Waals surface area (Å²) in [4.78, 5) is 0. The lowest BCUT2D eigenvalue weighted by atomic mass is 10.1. The highest BCUT2D eigenvalue weighted by molar-refractivity contribution is 5.75. The van der Waals surface area contributed by atoms with E-state index in [1.54, 1.807) is 0 Å². The molecule has 3 nitrogen and oxygen atoms in total. The number of hydrogen-bond donors (Lipinski definition) is 1. The Kier molecular flexibility index (Phi) is 3.30. The first-order chi connectivity index (χ1) is 9.54. The Bertz CT molecular complexity index is 626. The van der Waals surface area contributed by atoms with Crippen molar-refractivity contribution in [2.24, 2.45) is 5.73 Å². The van der Waals surface area contributed by atoms with E-state index in [1.807, 2.05) is 6.92 Å². The van der Waals surface area contributed by atoms with Gasteiger partial charge >= 0.3 is 0 Å². The van der Waals surface area contributed by atoms with Gasteiger partial charge in [0.05, 0.1) is 11.8 Å². The van der Waals surface area contributed by atoms with Gasteiger partial charge in [-0.25, -0.2) is 0 Å². The number of nitrogens with two attached hydrogens (primary N) is 1. The van der Waals surface area contributed by atoms with Crippen LogP contribution in [0.2, 0.25) is 0 Å². The van der Waals surface area contributed by atoms with Gasteiger partial charge in [-0.2, -0.15) is 0 Å². The molecule has 2 aromatic rings. The third-order valence-corrected chi connectivity index (χ3v) is 3.62. The minimum atomic E-state index is 0.158. The fourth-order valence-corrected chi connectivity index (χ4v) is 2.93. The molecule has 1 heterocycles. The molecule has 1 unspecified atom stereocenters. The van der Waals surface area contributed by atoms with E-state index in [4.69, 9.17) is 10.5 Å². The summed E-state index contributed by atoms with van der Waals surface area (Å²) in [7, 11) is 0. The van der Waals surface area contributed by atoms with E-state index in [9.17, 15) is 0 Å². The topological polar surface area (TPSA) is 40.2 Å². The average Bonchev–Trinajstić information content (AvgIpc) is 2.88. The largest absolute Gasteiger partial charge is 0.491 e. The second-order valence-electron chi connectivity index (χ2n) is 5.98. The summed E-state index contributed by atoms with van der Waals surface area (Å²) in [6, 6.07) is 8.79. The monoisotopic (exact) mass is 270 g/mol. The molecule has 0 fully saturated rings. The smallest absolute Gasteiger partial charge is 0.120 e. The molecule has 2 N–H and O–H groups in total. The zero-order chi connectivity index (χ0) is 14.3. The van der Waals surface area contributed by atoms with Gasteiger partial charge < -0.3 is 15.0 Å². The van der Waals surface area contributed by atoms with E-state index >= 15 is 0 Å². The summed E-state index contributed by atoms with van der Waals surface area (Å²) in [6.07, 6.45) is 3.36. The van der Waals surface area contributed by atoms with Gasteiger partial charge in [-0.15, -0.1) is 0 Å². The Labute approximate surface area is 120 Å². The fourth-order valence-electron chi connectivity index (χ4n) is 2.93. The van der Waals surface area contributed by atoms with Crippen LogP contribution in [0.15, 0.2) is 30.5 Å². The zero-order valence-corrected chi connectivity index (χ0v) is 12.4. The third kappa shape index (κ3) is 2.34. The van der Waals surface area contributed by atoms with Crippen LogP contribution in [0.4, 0.5) is 0 Å². The number of aromatic nitrogens is 1. The second kappa shape index (κ2) is 4.98. The van der Waals surface area contributed by atoms with Gasteiger partial charge in [0.25, 0.3) is 0 Å². The van der Waals surface area contributed by atoms with Crippen molar-refractivity contribution < 1.29 is 4.74 Å². The molecule has 0 saturated heterocycles. The molecule has 20 heavy (non-hydrogen) atoms. The van der Waals surface area contributed by atoms with E-state index in [-0.39, 0.29) is 12.1 Å². The van der Waals surface area contributed by atoms with Gasteiger partial charge in [0.1, 0.15) is 5.75 Å². The molecule has 106 valence electrons. The number of hydrogen-bond acceptors (Lipinski definition) is 2. The molecule has 1 atom stereocenters. The summed E-state index contributed by atoms with van der Waals surface area (Å²) in [5, 5.41) is 0. The van der Waals surface area contributed by atoms with E-state index in [1.165, 1.54) is 22.4 Å². The molecular weight excluding hydrogens is 248 g/mol. The predicted octanol–water partition coefficient (Wildman–Crippen LogP) is 3.19. The van der Waals surface area contributed by atoms with Crippen LogP contribution in [0.5, 0.6) is 5.75 Å². The number of benzene rings is 1. The molecule has 0 radical (unpaired) electrons. The lowest BCUT2D eigenvalue weighted by Gasteiger charge is -2.14. The van der Waals surface area contributed by atoms with Crippen LogP contribution in [-0.2, 0) is 13.0 Å². The van der Waals surface area contributed by atoms with Crippen molar-refractivity contribution in [3.63, 3.8) is 0 Å². The predicted molar refractivity (Wildman–Crippen MR) is 82.1 cm³/mol. The average molecular weight is 270 g/mol. The Hall–Kier alpha value is -1.74. The van der Waals surface area contributed by atoms with E-state index < -0.39 is 0 Å². The lowest BCUT2D eigenvalue weighted by molar-refractivity contribution is 0.242. The normalized spacial score (nSPS) is 14.2. The SMILES string of the molecule is CC(N)Cn1ccc2c1-c1cc(OC(C)C)ccc1C2. The van der Waals surface area contributed by atoms with Gasteiger partial charge in [0.15, 0.2) is 0 Å². The van der Waals surface area contributed by atoms with Crippen molar-refractivity contribution in [1.29, 1.82) is 0 Å². The molecule has 0 amide bonds. The Balaban J connectivity index is 2.00. The van der Waals surface area contributed by atoms with Crippen molar-refractivity contribution in [2.75, 3.05) is 0 Å². The van der Waals surface area contributed by atoms with Crippen molar-refractivity contribution >= 4 is 0 Å². The number of ether oxygens (including phenoxy) is 1. The van der Waals surface area contributed by atoms with E-state index in [0.29, 0.717) is 0 Å². The Morgan fingerprint density at radius 1 is 1.20 bits per heavy atom. The van der Waals surface area contributed by atoms with Gasteiger partial charge in [-0.1, -0.05) is 6.07 Å². The summed E-state index contributed by atoms with van der Waals surface area (Å²) in [5.41, 5.74) is 11.3. The number of nitrogens with zero attached hydrogens (tertiary/aromatic N) is 1. The number of fused-ring (bicyclic) bond motifs is 3. The molecule has 0 bridgehead atoms. The molecule has 0 saturated carbocycles. The summed E-state index contributed by atoms with van der Waals surface area (Å²) >= 11 is 0. The van der Waals surface area contributed by atoms with Crippen molar-refractivity contribution in [3.05, 3.63) is 41.6 Å². The number of rotatable bonds is 4. The zero-order valence-electron chi connectivity index (χ0n) is 12.4. The summed E-state index contributed by atoms with van der Waals surface area (Å²) in [5.74, 6) is 0.945. The maximum Gasteiger partial charge on any atom is 0.120 e. The Morgan fingerprint density at radius 3 is 2.70 bits per heavy atom. The minimum absolute atomic E-state index is 0.158. The summed E-state index contributed by atoms with van der Waals surface area (Å²) < 4.78 is 8.09. The van der Waals surface area contributed by atoms with Crippen LogP contribution >= 0.6 is 0 Å². The Morgan fingerprint density at radius 2 is 2.00 bits per heavy atom. The van der Waals surface area contributed by atoms with Crippen LogP contribution in [0.3, 0.4) is 0 Å². The molecule has 3 heteroatoms. The van der Waals surface area contributed by atoms with Gasteiger partial charge in [-0.05, 0) is 50.1 Å². The molecular formula is C17H22N2O. The van der Waals surface area contributed by atoms with Crippen molar-refractivity contribution in [2.45, 2.75) is 45.9 Å². The quantitative estimate of drug-likeness (QED) is 0.791. The molecule has 0 aliphatic heterocycles. The van der Waals surface area contributed by atoms with Crippen LogP contribution in [0.25, 0.3) is 11.3 Å². The van der Waals surface area contributed by atoms with E-state index in [0.717, 1.165) is 18.7 Å². The van der Waals surface area contributed by atoms with Gasteiger partial charge in [0, 0.05) is 30.8 Å². The molecule has 1 aromatic carbocycles. The molecule has 1 aromatic heterocycles. The van der Waals surface area contributed by atoms with E-state index in [2.05, 4.69) is 48.9 Å². The molecule has 0 spiro atoms. The van der Waals surface area contributed by atoms with Gasteiger partial charge in [0.2, 0.25) is 0 Å². The van der Waals surface area contributed by atoms with Crippen LogP contribution in [-0.4, -0.2) is 16.7 Å². The second-order valence-corrected chi connectivity index (χ2v) is 5.98. The third-order valence-electron chi connectivity index (χ3n) is 3.62. The van der Waals surface area contributed by atoms with Gasteiger partial charge in [-0.3, -0.25) is 0 Å². The molecule has 1 aliphatic rings. The molecule has 1 aliphatic carbocycles. The fraction of sp³-hybridized carbons (Fsp3) is 0.412. The molecule has 3 rings (SSSR count). The minimum Gasteiger partial charge on any atom is -0.491 e. The maximum atomic E-state index is 5.95. The van der Waals surface area contributed by atoms with Crippen LogP contribution in [0.1, 0.15) is 31.9 Å². The standard InChI is InChI=1S/C17H22N2O/c1-11(2)20-15-5-4-13-8-14-6-7-19(10-12(3)18)17(14)16(13)9-15/h4-7,9,11-12H,8,10,18H2,1-3H3.